The number of aromatic nitrogens is 4. The lowest BCUT2D eigenvalue weighted by Gasteiger charge is -2.32. The molecule has 0 unspecified atom stereocenters. The Morgan fingerprint density at radius 2 is 1.73 bits per heavy atom. The highest BCUT2D eigenvalue weighted by atomic mass is 19.1. The number of aromatic amines is 1. The number of carbonyl (C=O) groups excluding carboxylic acids is 1. The Hall–Kier alpha value is -4.19. The van der Waals surface area contributed by atoms with Gasteiger partial charge in [0.25, 0.3) is 0 Å². The average molecular weight is 558 g/mol. The smallest absolute Gasteiger partial charge is 0.232 e. The Morgan fingerprint density at radius 1 is 1.00 bits per heavy atom. The summed E-state index contributed by atoms with van der Waals surface area (Å²) in [6, 6.07) is 17.4. The Kier molecular flexibility index (Phi) is 7.99. The third-order valence-electron chi connectivity index (χ3n) is 7.29. The fourth-order valence-electron chi connectivity index (χ4n) is 4.90. The number of carbonyl (C=O) groups is 1. The Morgan fingerprint density at radius 3 is 2.46 bits per heavy atom. The van der Waals surface area contributed by atoms with Crippen molar-refractivity contribution in [2.24, 2.45) is 5.92 Å². The topological polar surface area (TPSA) is 108 Å². The van der Waals surface area contributed by atoms with Crippen molar-refractivity contribution in [1.29, 1.82) is 0 Å². The zero-order valence-electron chi connectivity index (χ0n) is 22.8. The van der Waals surface area contributed by atoms with Gasteiger partial charge in [-0.3, -0.25) is 4.79 Å². The molecule has 2 aromatic heterocycles. The number of nitrogens with one attached hydrogen (secondary N) is 2. The first-order valence-corrected chi connectivity index (χ1v) is 13.7. The van der Waals surface area contributed by atoms with Crippen molar-refractivity contribution in [1.82, 2.24) is 24.8 Å². The van der Waals surface area contributed by atoms with E-state index in [2.05, 4.69) is 32.1 Å². The number of amides is 1. The first-order valence-electron chi connectivity index (χ1n) is 13.7. The quantitative estimate of drug-likeness (QED) is 0.355. The Labute approximate surface area is 237 Å². The monoisotopic (exact) mass is 557 g/mol. The number of rotatable bonds is 7. The first kappa shape index (κ1) is 27.0. The lowest BCUT2D eigenvalue weighted by Crippen LogP contribution is -2.45. The average Bonchev–Trinajstić information content (AvgIpc) is 3.42. The molecule has 2 aliphatic heterocycles. The summed E-state index contributed by atoms with van der Waals surface area (Å²) in [5, 5.41) is 2.90. The Bertz CT molecular complexity index is 1470. The summed E-state index contributed by atoms with van der Waals surface area (Å²) in [5.41, 5.74) is 3.54. The van der Waals surface area contributed by atoms with E-state index in [0.29, 0.717) is 35.3 Å². The molecule has 0 saturated carbocycles. The minimum Gasteiger partial charge on any atom is -0.351 e. The van der Waals surface area contributed by atoms with Crippen LogP contribution in [0.3, 0.4) is 0 Å². The molecule has 41 heavy (non-hydrogen) atoms. The number of imidazole rings is 1. The lowest BCUT2D eigenvalue weighted by molar-refractivity contribution is -0.199. The fraction of sp³-hybridized carbons (Fsp3) is 0.333. The largest absolute Gasteiger partial charge is 0.351 e. The van der Waals surface area contributed by atoms with E-state index in [1.807, 2.05) is 36.4 Å². The van der Waals surface area contributed by atoms with Crippen LogP contribution in [0.2, 0.25) is 0 Å². The Balaban J connectivity index is 1.19. The summed E-state index contributed by atoms with van der Waals surface area (Å²) in [6.45, 7) is 4.06. The van der Waals surface area contributed by atoms with Crippen LogP contribution < -0.4 is 10.2 Å². The number of ether oxygens (including phenoxy) is 2. The second kappa shape index (κ2) is 12.1. The van der Waals surface area contributed by atoms with E-state index in [1.165, 1.54) is 12.1 Å². The van der Waals surface area contributed by atoms with Gasteiger partial charge in [-0.1, -0.05) is 18.2 Å². The van der Waals surface area contributed by atoms with Crippen molar-refractivity contribution in [3.8, 4) is 22.6 Å². The van der Waals surface area contributed by atoms with Gasteiger partial charge in [-0.2, -0.15) is 0 Å². The number of halogens is 1. The number of benzene rings is 2. The second-order valence-electron chi connectivity index (χ2n) is 10.3. The van der Waals surface area contributed by atoms with Crippen molar-refractivity contribution < 1.29 is 18.7 Å². The number of likely N-dealkylation sites (N-methyl/N-ethyl adjacent to an activating group) is 1. The van der Waals surface area contributed by atoms with Crippen molar-refractivity contribution >= 4 is 17.5 Å². The summed E-state index contributed by atoms with van der Waals surface area (Å²) in [5.74, 6) is 0.419. The molecule has 2 saturated heterocycles. The fourth-order valence-corrected chi connectivity index (χ4v) is 4.90. The predicted octanol–water partition coefficient (Wildman–Crippen LogP) is 3.59. The van der Waals surface area contributed by atoms with E-state index >= 15 is 0 Å². The minimum absolute atomic E-state index is 0.145. The maximum absolute atomic E-state index is 13.7. The van der Waals surface area contributed by atoms with Crippen molar-refractivity contribution in [3.05, 3.63) is 78.5 Å². The molecule has 6 rings (SSSR count). The first-order chi connectivity index (χ1) is 20.0. The number of hydrogen-bond donors (Lipinski definition) is 2. The third-order valence-corrected chi connectivity index (χ3v) is 7.29. The van der Waals surface area contributed by atoms with Gasteiger partial charge in [0.05, 0.1) is 42.6 Å². The molecule has 2 aliphatic rings. The van der Waals surface area contributed by atoms with Crippen LogP contribution in [0.25, 0.3) is 22.6 Å². The van der Waals surface area contributed by atoms with Crippen LogP contribution in [0.1, 0.15) is 5.82 Å². The van der Waals surface area contributed by atoms with E-state index in [-0.39, 0.29) is 24.9 Å². The zero-order valence-corrected chi connectivity index (χ0v) is 22.8. The molecule has 1 amide bonds. The molecule has 0 radical (unpaired) electrons. The van der Waals surface area contributed by atoms with E-state index in [4.69, 9.17) is 19.4 Å². The number of nitrogens with zero attached hydrogens (tertiary/aromatic N) is 5. The van der Waals surface area contributed by atoms with Crippen molar-refractivity contribution in [2.75, 3.05) is 56.7 Å². The highest BCUT2D eigenvalue weighted by Crippen LogP contribution is 2.31. The highest BCUT2D eigenvalue weighted by molar-refractivity contribution is 5.92. The van der Waals surface area contributed by atoms with Crippen LogP contribution >= 0.6 is 0 Å². The molecule has 4 aromatic rings. The van der Waals surface area contributed by atoms with Crippen LogP contribution in [0, 0.1) is 11.7 Å². The predicted molar refractivity (Wildman–Crippen MR) is 153 cm³/mol. The van der Waals surface area contributed by atoms with Crippen LogP contribution in [0.4, 0.5) is 16.0 Å². The van der Waals surface area contributed by atoms with E-state index in [1.54, 1.807) is 18.3 Å². The molecule has 2 N–H and O–H groups in total. The van der Waals surface area contributed by atoms with Gasteiger partial charge in [0.15, 0.2) is 6.29 Å². The standard InChI is InChI=1S/C30H32FN7O3/c1-37-13-15-38(16-14-37)30-32-12-11-24(34-30)28-27(20-7-9-22(31)10-8-20)35-25(36-28)17-26-40-18-21(19-41-26)29(39)33-23-5-3-2-4-6-23/h2-12,21,26H,13-19H2,1H3,(H,33,39)(H,35,36). The molecule has 212 valence electrons. The van der Waals surface area contributed by atoms with E-state index in [9.17, 15) is 9.18 Å². The number of hydrogen-bond acceptors (Lipinski definition) is 8. The van der Waals surface area contributed by atoms with Gasteiger partial charge in [-0.25, -0.2) is 19.3 Å². The van der Waals surface area contributed by atoms with Gasteiger partial charge < -0.3 is 29.6 Å². The number of anilines is 2. The van der Waals surface area contributed by atoms with Crippen LogP contribution in [-0.2, 0) is 20.7 Å². The molecule has 11 heteroatoms. The van der Waals surface area contributed by atoms with Gasteiger partial charge in [0.1, 0.15) is 11.6 Å². The molecule has 2 aromatic carbocycles. The van der Waals surface area contributed by atoms with Gasteiger partial charge in [-0.05, 0) is 49.5 Å². The number of H-pyrrole nitrogens is 1. The van der Waals surface area contributed by atoms with Gasteiger partial charge >= 0.3 is 0 Å². The minimum atomic E-state index is -0.567. The van der Waals surface area contributed by atoms with E-state index < -0.39 is 12.2 Å². The molecular weight excluding hydrogens is 525 g/mol. The van der Waals surface area contributed by atoms with Crippen LogP contribution in [0.5, 0.6) is 0 Å². The maximum atomic E-state index is 13.7. The zero-order chi connectivity index (χ0) is 28.2. The molecule has 4 heterocycles. The number of piperazine rings is 1. The molecule has 0 aliphatic carbocycles. The molecule has 10 nitrogen and oxygen atoms in total. The van der Waals surface area contributed by atoms with Crippen LogP contribution in [0.15, 0.2) is 66.9 Å². The summed E-state index contributed by atoms with van der Waals surface area (Å²) in [6.07, 6.45) is 1.53. The van der Waals surface area contributed by atoms with Gasteiger partial charge in [-0.15, -0.1) is 0 Å². The molecule has 0 spiro atoms. The SMILES string of the molecule is CN1CCN(c2nccc(-c3[nH]c(CC4OCC(C(=O)Nc5ccccc5)CO4)nc3-c3ccc(F)cc3)n2)CC1. The summed E-state index contributed by atoms with van der Waals surface area (Å²) >= 11 is 0. The van der Waals surface area contributed by atoms with E-state index in [0.717, 1.165) is 37.4 Å². The van der Waals surface area contributed by atoms with Crippen LogP contribution in [-0.4, -0.2) is 83.5 Å². The normalized spacial score (nSPS) is 19.7. The number of para-hydroxylation sites is 1. The lowest BCUT2D eigenvalue weighted by atomic mass is 10.1. The van der Waals surface area contributed by atoms with Gasteiger partial charge in [0, 0.05) is 43.6 Å². The molecule has 2 fully saturated rings. The highest BCUT2D eigenvalue weighted by Gasteiger charge is 2.29. The third kappa shape index (κ3) is 6.43. The molecular formula is C30H32FN7O3. The maximum Gasteiger partial charge on any atom is 0.232 e. The summed E-state index contributed by atoms with van der Waals surface area (Å²) in [7, 11) is 2.11. The summed E-state index contributed by atoms with van der Waals surface area (Å²) < 4.78 is 25.5. The van der Waals surface area contributed by atoms with Crippen molar-refractivity contribution in [2.45, 2.75) is 12.7 Å². The van der Waals surface area contributed by atoms with Gasteiger partial charge in [0.2, 0.25) is 11.9 Å². The molecule has 0 atom stereocenters. The summed E-state index contributed by atoms with van der Waals surface area (Å²) in [4.78, 5) is 34.7. The van der Waals surface area contributed by atoms with Crippen molar-refractivity contribution in [3.63, 3.8) is 0 Å². The second-order valence-corrected chi connectivity index (χ2v) is 10.3. The molecule has 0 bridgehead atoms.